The van der Waals surface area contributed by atoms with Gasteiger partial charge in [0.15, 0.2) is 23.2 Å². The number of rotatable bonds is 6. The maximum atomic E-state index is 13.2. The van der Waals surface area contributed by atoms with Crippen LogP contribution in [0.5, 0.6) is 11.5 Å². The first-order chi connectivity index (χ1) is 14.8. The Kier molecular flexibility index (Phi) is 6.61. The van der Waals surface area contributed by atoms with Crippen molar-refractivity contribution < 1.29 is 33.0 Å². The Balaban J connectivity index is 1.91. The van der Waals surface area contributed by atoms with Crippen molar-refractivity contribution in [2.45, 2.75) is 0 Å². The summed E-state index contributed by atoms with van der Waals surface area (Å²) in [6.07, 6.45) is 1.36. The van der Waals surface area contributed by atoms with Crippen molar-refractivity contribution >= 4 is 46.9 Å². The van der Waals surface area contributed by atoms with Crippen molar-refractivity contribution in [2.24, 2.45) is 0 Å². The Morgan fingerprint density at radius 3 is 2.48 bits per heavy atom. The molecular weight excluding hydrogens is 427 g/mol. The SMILES string of the molecule is COC(=O)COc1ccc(/C=C2\C(=O)NC(=S)N(c3ccc(F)cc3)C2=O)cc1OC. The van der Waals surface area contributed by atoms with Gasteiger partial charge in [0, 0.05) is 0 Å². The maximum Gasteiger partial charge on any atom is 0.343 e. The highest BCUT2D eigenvalue weighted by molar-refractivity contribution is 7.80. The third-order valence-corrected chi connectivity index (χ3v) is 4.54. The predicted molar refractivity (Wildman–Crippen MR) is 113 cm³/mol. The van der Waals surface area contributed by atoms with Crippen LogP contribution in [0.4, 0.5) is 10.1 Å². The zero-order chi connectivity index (χ0) is 22.5. The van der Waals surface area contributed by atoms with Crippen molar-refractivity contribution in [3.8, 4) is 11.5 Å². The summed E-state index contributed by atoms with van der Waals surface area (Å²) in [4.78, 5) is 37.7. The van der Waals surface area contributed by atoms with Crippen molar-refractivity contribution in [1.29, 1.82) is 0 Å². The molecule has 8 nitrogen and oxygen atoms in total. The summed E-state index contributed by atoms with van der Waals surface area (Å²) in [5.74, 6) is -1.80. The highest BCUT2D eigenvalue weighted by atomic mass is 32.1. The summed E-state index contributed by atoms with van der Waals surface area (Å²) >= 11 is 5.11. The van der Waals surface area contributed by atoms with Gasteiger partial charge < -0.3 is 14.2 Å². The summed E-state index contributed by atoms with van der Waals surface area (Å²) in [6, 6.07) is 9.77. The lowest BCUT2D eigenvalue weighted by Gasteiger charge is -2.28. The zero-order valence-corrected chi connectivity index (χ0v) is 17.3. The molecule has 1 aliphatic rings. The van der Waals surface area contributed by atoms with Gasteiger partial charge in [-0.15, -0.1) is 0 Å². The van der Waals surface area contributed by atoms with Gasteiger partial charge in [0.05, 0.1) is 19.9 Å². The number of carbonyl (C=O) groups is 3. The molecule has 2 aromatic carbocycles. The molecule has 1 saturated heterocycles. The molecule has 160 valence electrons. The van der Waals surface area contributed by atoms with Crippen LogP contribution < -0.4 is 19.7 Å². The minimum absolute atomic E-state index is 0.108. The van der Waals surface area contributed by atoms with Crippen LogP contribution in [0.25, 0.3) is 6.08 Å². The standard InChI is InChI=1S/C21H17FN2O6S/c1-28-17-10-12(3-8-16(17)30-11-18(25)29-2)9-15-19(26)23-21(31)24(20(15)27)14-6-4-13(22)5-7-14/h3-10H,11H2,1-2H3,(H,23,26,31)/b15-9+. The number of thiocarbonyl (C=S) groups is 1. The largest absolute Gasteiger partial charge is 0.493 e. The normalized spacial score (nSPS) is 15.0. The molecule has 2 aromatic rings. The van der Waals surface area contributed by atoms with Crippen molar-refractivity contribution in [1.82, 2.24) is 5.32 Å². The second-order valence-corrected chi connectivity index (χ2v) is 6.60. The summed E-state index contributed by atoms with van der Waals surface area (Å²) in [7, 11) is 2.65. The Hall–Kier alpha value is -3.79. The lowest BCUT2D eigenvalue weighted by molar-refractivity contribution is -0.143. The van der Waals surface area contributed by atoms with Gasteiger partial charge in [-0.2, -0.15) is 0 Å². The molecule has 0 aliphatic carbocycles. The van der Waals surface area contributed by atoms with Gasteiger partial charge in [0.25, 0.3) is 11.8 Å². The van der Waals surface area contributed by atoms with Gasteiger partial charge in [-0.3, -0.25) is 19.8 Å². The van der Waals surface area contributed by atoms with E-state index in [9.17, 15) is 18.8 Å². The van der Waals surface area contributed by atoms with E-state index < -0.39 is 23.6 Å². The summed E-state index contributed by atoms with van der Waals surface area (Å²) in [5, 5.41) is 2.34. The van der Waals surface area contributed by atoms with Crippen LogP contribution in [0, 0.1) is 5.82 Å². The van der Waals surface area contributed by atoms with Gasteiger partial charge in [0.1, 0.15) is 11.4 Å². The second kappa shape index (κ2) is 9.35. The third-order valence-electron chi connectivity index (χ3n) is 4.26. The van der Waals surface area contributed by atoms with Gasteiger partial charge in [0.2, 0.25) is 0 Å². The number of halogens is 1. The molecule has 31 heavy (non-hydrogen) atoms. The third kappa shape index (κ3) is 4.86. The highest BCUT2D eigenvalue weighted by Crippen LogP contribution is 2.30. The number of amides is 2. The minimum atomic E-state index is -0.668. The number of ether oxygens (including phenoxy) is 3. The lowest BCUT2D eigenvalue weighted by Crippen LogP contribution is -2.54. The number of hydrogen-bond acceptors (Lipinski definition) is 7. The van der Waals surface area contributed by atoms with Crippen LogP contribution in [-0.2, 0) is 19.1 Å². The van der Waals surface area contributed by atoms with Crippen LogP contribution in [0.2, 0.25) is 0 Å². The van der Waals surface area contributed by atoms with E-state index in [0.717, 1.165) is 4.90 Å². The molecular formula is C21H17FN2O6S. The number of anilines is 1. The van der Waals surface area contributed by atoms with E-state index in [1.54, 1.807) is 6.07 Å². The van der Waals surface area contributed by atoms with E-state index in [2.05, 4.69) is 10.1 Å². The molecule has 1 heterocycles. The van der Waals surface area contributed by atoms with Crippen LogP contribution in [0.3, 0.4) is 0 Å². The first-order valence-corrected chi connectivity index (χ1v) is 9.29. The van der Waals surface area contributed by atoms with Crippen molar-refractivity contribution in [3.63, 3.8) is 0 Å². The van der Waals surface area contributed by atoms with Crippen LogP contribution in [0.1, 0.15) is 5.56 Å². The Morgan fingerprint density at radius 1 is 1.13 bits per heavy atom. The van der Waals surface area contributed by atoms with Crippen molar-refractivity contribution in [3.05, 3.63) is 59.4 Å². The average molecular weight is 444 g/mol. The van der Waals surface area contributed by atoms with E-state index in [1.807, 2.05) is 0 Å². The second-order valence-electron chi connectivity index (χ2n) is 6.21. The first kappa shape index (κ1) is 21.9. The number of esters is 1. The molecule has 0 unspecified atom stereocenters. The summed E-state index contributed by atoms with van der Waals surface area (Å²) in [5.41, 5.74) is 0.599. The van der Waals surface area contributed by atoms with Crippen LogP contribution >= 0.6 is 12.2 Å². The van der Waals surface area contributed by atoms with E-state index in [1.165, 1.54) is 56.7 Å². The number of methoxy groups -OCH3 is 2. The van der Waals surface area contributed by atoms with E-state index >= 15 is 0 Å². The average Bonchev–Trinajstić information content (AvgIpc) is 2.76. The fourth-order valence-electron chi connectivity index (χ4n) is 2.74. The number of hydrogen-bond donors (Lipinski definition) is 1. The van der Waals surface area contributed by atoms with Crippen molar-refractivity contribution in [2.75, 3.05) is 25.7 Å². The maximum absolute atomic E-state index is 13.2. The van der Waals surface area contributed by atoms with E-state index in [4.69, 9.17) is 21.7 Å². The molecule has 0 atom stereocenters. The predicted octanol–water partition coefficient (Wildman–Crippen LogP) is 2.22. The molecule has 2 amide bonds. The fraction of sp³-hybridized carbons (Fsp3) is 0.143. The fourth-order valence-corrected chi connectivity index (χ4v) is 3.02. The zero-order valence-electron chi connectivity index (χ0n) is 16.5. The monoisotopic (exact) mass is 444 g/mol. The summed E-state index contributed by atoms with van der Waals surface area (Å²) in [6.45, 7) is -0.307. The number of nitrogens with one attached hydrogen (secondary N) is 1. The first-order valence-electron chi connectivity index (χ1n) is 8.88. The number of carbonyl (C=O) groups excluding carboxylic acids is 3. The van der Waals surface area contributed by atoms with Crippen LogP contribution in [0.15, 0.2) is 48.0 Å². The van der Waals surface area contributed by atoms with Gasteiger partial charge in [-0.05, 0) is 60.3 Å². The highest BCUT2D eigenvalue weighted by Gasteiger charge is 2.34. The topological polar surface area (TPSA) is 94.2 Å². The Bertz CT molecular complexity index is 1080. The molecule has 1 N–H and O–H groups in total. The quantitative estimate of drug-likeness (QED) is 0.316. The number of benzene rings is 2. The number of nitrogens with zero attached hydrogens (tertiary/aromatic N) is 1. The molecule has 1 fully saturated rings. The molecule has 1 aliphatic heterocycles. The Labute approximate surface area is 182 Å². The molecule has 0 radical (unpaired) electrons. The molecule has 0 aromatic heterocycles. The lowest BCUT2D eigenvalue weighted by atomic mass is 10.1. The summed E-state index contributed by atoms with van der Waals surface area (Å²) < 4.78 is 28.4. The van der Waals surface area contributed by atoms with Gasteiger partial charge >= 0.3 is 5.97 Å². The minimum Gasteiger partial charge on any atom is -0.493 e. The molecule has 0 bridgehead atoms. The van der Waals surface area contributed by atoms with Crippen LogP contribution in [-0.4, -0.2) is 43.7 Å². The van der Waals surface area contributed by atoms with Gasteiger partial charge in [-0.1, -0.05) is 6.07 Å². The Morgan fingerprint density at radius 2 is 1.84 bits per heavy atom. The van der Waals surface area contributed by atoms with E-state index in [0.29, 0.717) is 11.3 Å². The molecule has 0 spiro atoms. The van der Waals surface area contributed by atoms with Gasteiger partial charge in [-0.25, -0.2) is 9.18 Å². The van der Waals surface area contributed by atoms with E-state index in [-0.39, 0.29) is 28.8 Å². The smallest absolute Gasteiger partial charge is 0.343 e. The molecule has 0 saturated carbocycles. The molecule has 3 rings (SSSR count). The molecule has 10 heteroatoms.